The largest absolute Gasteiger partial charge is 0.360 e. The van der Waals surface area contributed by atoms with E-state index >= 15 is 0 Å². The van der Waals surface area contributed by atoms with Crippen LogP contribution in [0.15, 0.2) is 6.33 Å². The number of aromatic nitrogens is 2. The van der Waals surface area contributed by atoms with E-state index in [1.807, 2.05) is 6.92 Å². The Kier molecular flexibility index (Phi) is 6.07. The fraction of sp³-hybridized carbons (Fsp3) is 0.636. The predicted molar refractivity (Wildman–Crippen MR) is 77.4 cm³/mol. The number of anilines is 2. The zero-order chi connectivity index (χ0) is 15.1. The number of nitrogens with one attached hydrogen (secondary N) is 2. The van der Waals surface area contributed by atoms with Crippen molar-refractivity contribution in [2.24, 2.45) is 5.84 Å². The van der Waals surface area contributed by atoms with Crippen LogP contribution < -0.4 is 16.6 Å². The number of nitro groups is 1. The SMILES string of the molecule is CCN(CC)CC(C)Nc1ncnc(NN)c1[N+](=O)[O-]. The molecule has 20 heavy (non-hydrogen) atoms. The maximum atomic E-state index is 11.1. The zero-order valence-corrected chi connectivity index (χ0v) is 12.0. The summed E-state index contributed by atoms with van der Waals surface area (Å²) < 4.78 is 0. The summed E-state index contributed by atoms with van der Waals surface area (Å²) in [5, 5.41) is 14.1. The average molecular weight is 283 g/mol. The third-order valence-electron chi connectivity index (χ3n) is 2.95. The van der Waals surface area contributed by atoms with Crippen LogP contribution in [0.2, 0.25) is 0 Å². The van der Waals surface area contributed by atoms with Crippen molar-refractivity contribution in [1.82, 2.24) is 14.9 Å². The van der Waals surface area contributed by atoms with Crippen molar-refractivity contribution < 1.29 is 4.92 Å². The van der Waals surface area contributed by atoms with Crippen LogP contribution >= 0.6 is 0 Å². The maximum Gasteiger partial charge on any atom is 0.354 e. The molecule has 9 nitrogen and oxygen atoms in total. The highest BCUT2D eigenvalue weighted by molar-refractivity contribution is 5.68. The second kappa shape index (κ2) is 7.56. The first-order valence-corrected chi connectivity index (χ1v) is 6.48. The Balaban J connectivity index is 2.89. The molecule has 0 spiro atoms. The Morgan fingerprint density at radius 2 is 2.00 bits per heavy atom. The summed E-state index contributed by atoms with van der Waals surface area (Å²) >= 11 is 0. The predicted octanol–water partition coefficient (Wildman–Crippen LogP) is 0.813. The molecule has 0 aliphatic rings. The van der Waals surface area contributed by atoms with Gasteiger partial charge in [-0.3, -0.25) is 10.1 Å². The van der Waals surface area contributed by atoms with Crippen LogP contribution in [0.25, 0.3) is 0 Å². The average Bonchev–Trinajstić information content (AvgIpc) is 2.43. The van der Waals surface area contributed by atoms with Gasteiger partial charge in [-0.1, -0.05) is 13.8 Å². The molecule has 112 valence electrons. The minimum Gasteiger partial charge on any atom is -0.360 e. The van der Waals surface area contributed by atoms with Gasteiger partial charge in [-0.05, 0) is 20.0 Å². The standard InChI is InChI=1S/C11H21N7O2/c1-4-17(5-2)6-8(3)15-10-9(18(19)20)11(16-12)14-7-13-10/h7-8H,4-6,12H2,1-3H3,(H2,13,14,15,16). The molecule has 0 bridgehead atoms. The van der Waals surface area contributed by atoms with Gasteiger partial charge in [0.1, 0.15) is 6.33 Å². The molecule has 0 amide bonds. The van der Waals surface area contributed by atoms with Crippen LogP contribution in [0.3, 0.4) is 0 Å². The molecule has 1 unspecified atom stereocenters. The van der Waals surface area contributed by atoms with E-state index in [1.165, 1.54) is 6.33 Å². The first-order valence-electron chi connectivity index (χ1n) is 6.48. The van der Waals surface area contributed by atoms with Gasteiger partial charge in [-0.2, -0.15) is 0 Å². The lowest BCUT2D eigenvalue weighted by Gasteiger charge is -2.23. The highest BCUT2D eigenvalue weighted by Crippen LogP contribution is 2.28. The molecule has 1 heterocycles. The first-order chi connectivity index (χ1) is 9.53. The lowest BCUT2D eigenvalue weighted by molar-refractivity contribution is -0.383. The van der Waals surface area contributed by atoms with Crippen molar-refractivity contribution in [3.8, 4) is 0 Å². The van der Waals surface area contributed by atoms with E-state index in [-0.39, 0.29) is 23.4 Å². The molecule has 0 fully saturated rings. The number of likely N-dealkylation sites (N-methyl/N-ethyl adjacent to an activating group) is 1. The highest BCUT2D eigenvalue weighted by Gasteiger charge is 2.23. The Morgan fingerprint density at radius 3 is 2.50 bits per heavy atom. The number of nitrogens with zero attached hydrogens (tertiary/aromatic N) is 4. The summed E-state index contributed by atoms with van der Waals surface area (Å²) in [4.78, 5) is 20.4. The number of hydrogen-bond donors (Lipinski definition) is 3. The summed E-state index contributed by atoms with van der Waals surface area (Å²) in [6.45, 7) is 8.69. The molecule has 0 radical (unpaired) electrons. The zero-order valence-electron chi connectivity index (χ0n) is 12.0. The Morgan fingerprint density at radius 1 is 1.40 bits per heavy atom. The smallest absolute Gasteiger partial charge is 0.354 e. The third kappa shape index (κ3) is 4.00. The quantitative estimate of drug-likeness (QED) is 0.364. The van der Waals surface area contributed by atoms with Crippen LogP contribution in [-0.4, -0.2) is 45.5 Å². The molecule has 1 aromatic heterocycles. The molecule has 0 aliphatic heterocycles. The second-order valence-electron chi connectivity index (χ2n) is 4.35. The molecular weight excluding hydrogens is 262 g/mol. The molecule has 0 saturated carbocycles. The van der Waals surface area contributed by atoms with Gasteiger partial charge in [0.05, 0.1) is 4.92 Å². The minimum absolute atomic E-state index is 0.00845. The third-order valence-corrected chi connectivity index (χ3v) is 2.95. The van der Waals surface area contributed by atoms with Gasteiger partial charge >= 0.3 is 5.69 Å². The van der Waals surface area contributed by atoms with E-state index in [0.717, 1.165) is 19.6 Å². The lowest BCUT2D eigenvalue weighted by Crippen LogP contribution is -2.35. The van der Waals surface area contributed by atoms with Crippen LogP contribution in [0, 0.1) is 10.1 Å². The highest BCUT2D eigenvalue weighted by atomic mass is 16.6. The Hall–Kier alpha value is -2.00. The number of nitrogen functional groups attached to an aromatic ring is 1. The Labute approximate surface area is 117 Å². The molecular formula is C11H21N7O2. The van der Waals surface area contributed by atoms with Crippen LogP contribution in [0.5, 0.6) is 0 Å². The fourth-order valence-corrected chi connectivity index (χ4v) is 1.91. The maximum absolute atomic E-state index is 11.1. The van der Waals surface area contributed by atoms with E-state index in [9.17, 15) is 10.1 Å². The molecule has 0 aromatic carbocycles. The molecule has 0 saturated heterocycles. The van der Waals surface area contributed by atoms with Crippen molar-refractivity contribution in [1.29, 1.82) is 0 Å². The van der Waals surface area contributed by atoms with Crippen LogP contribution in [0.4, 0.5) is 17.3 Å². The van der Waals surface area contributed by atoms with Gasteiger partial charge in [0.2, 0.25) is 11.6 Å². The number of hydrazine groups is 1. The normalized spacial score (nSPS) is 12.2. The summed E-state index contributed by atoms with van der Waals surface area (Å²) in [5.74, 6) is 5.38. The molecule has 1 rings (SSSR count). The van der Waals surface area contributed by atoms with Gasteiger partial charge in [0, 0.05) is 12.6 Å². The van der Waals surface area contributed by atoms with E-state index in [0.29, 0.717) is 0 Å². The van der Waals surface area contributed by atoms with Crippen molar-refractivity contribution in [2.45, 2.75) is 26.8 Å². The summed E-state index contributed by atoms with van der Waals surface area (Å²) in [6.07, 6.45) is 1.23. The number of nitrogens with two attached hydrogens (primary N) is 1. The topological polar surface area (TPSA) is 122 Å². The van der Waals surface area contributed by atoms with Gasteiger partial charge in [0.25, 0.3) is 0 Å². The minimum atomic E-state index is -0.554. The lowest BCUT2D eigenvalue weighted by atomic mass is 10.3. The van der Waals surface area contributed by atoms with Gasteiger partial charge in [-0.15, -0.1) is 0 Å². The van der Waals surface area contributed by atoms with Crippen molar-refractivity contribution in [3.05, 3.63) is 16.4 Å². The van der Waals surface area contributed by atoms with Crippen LogP contribution in [0.1, 0.15) is 20.8 Å². The summed E-state index contributed by atoms with van der Waals surface area (Å²) in [6, 6.07) is 0.00845. The summed E-state index contributed by atoms with van der Waals surface area (Å²) in [5.41, 5.74) is 1.96. The van der Waals surface area contributed by atoms with E-state index < -0.39 is 4.92 Å². The molecule has 1 atom stereocenters. The molecule has 0 aliphatic carbocycles. The molecule has 4 N–H and O–H groups in total. The van der Waals surface area contributed by atoms with E-state index in [1.54, 1.807) is 0 Å². The van der Waals surface area contributed by atoms with Crippen LogP contribution in [-0.2, 0) is 0 Å². The molecule has 1 aromatic rings. The molecule has 9 heteroatoms. The second-order valence-corrected chi connectivity index (χ2v) is 4.35. The summed E-state index contributed by atoms with van der Waals surface area (Å²) in [7, 11) is 0. The first kappa shape index (κ1) is 16.1. The van der Waals surface area contributed by atoms with Crippen molar-refractivity contribution in [3.63, 3.8) is 0 Å². The van der Waals surface area contributed by atoms with Gasteiger partial charge in [-0.25, -0.2) is 15.8 Å². The van der Waals surface area contributed by atoms with E-state index in [2.05, 4.69) is 39.5 Å². The van der Waals surface area contributed by atoms with Gasteiger partial charge in [0.15, 0.2) is 0 Å². The Bertz CT molecular complexity index is 450. The van der Waals surface area contributed by atoms with Crippen molar-refractivity contribution >= 4 is 17.3 Å². The van der Waals surface area contributed by atoms with Crippen molar-refractivity contribution in [2.75, 3.05) is 30.4 Å². The number of hydrogen-bond acceptors (Lipinski definition) is 8. The van der Waals surface area contributed by atoms with E-state index in [4.69, 9.17) is 5.84 Å². The fourth-order valence-electron chi connectivity index (χ4n) is 1.91. The number of rotatable bonds is 8. The monoisotopic (exact) mass is 283 g/mol. The van der Waals surface area contributed by atoms with Gasteiger partial charge < -0.3 is 15.6 Å².